The standard InChI is InChI=1S/C14H19BrN2O/c1-4-13(17)7-11-6-12(15)5-9(2)14(11)18-10(3)8-16/h5-6,10,13H,4,7,17H2,1-3H3. The molecule has 0 aliphatic heterocycles. The Hall–Kier alpha value is -1.05. The van der Waals surface area contributed by atoms with Crippen LogP contribution in [-0.4, -0.2) is 12.1 Å². The quantitative estimate of drug-likeness (QED) is 0.907. The molecule has 0 spiro atoms. The minimum atomic E-state index is -0.457. The first-order chi connectivity index (χ1) is 8.47. The highest BCUT2D eigenvalue weighted by Crippen LogP contribution is 2.30. The fourth-order valence-electron chi connectivity index (χ4n) is 1.75. The lowest BCUT2D eigenvalue weighted by atomic mass is 10.0. The predicted molar refractivity (Wildman–Crippen MR) is 76.6 cm³/mol. The molecule has 3 nitrogen and oxygen atoms in total. The Morgan fingerprint density at radius 3 is 2.72 bits per heavy atom. The van der Waals surface area contributed by atoms with E-state index in [4.69, 9.17) is 15.7 Å². The third-order valence-electron chi connectivity index (χ3n) is 2.80. The van der Waals surface area contributed by atoms with Gasteiger partial charge in [-0.1, -0.05) is 22.9 Å². The van der Waals surface area contributed by atoms with Crippen LogP contribution in [0.15, 0.2) is 16.6 Å². The maximum atomic E-state index is 8.85. The Bertz CT molecular complexity index is 454. The first kappa shape index (κ1) is 15.0. The van der Waals surface area contributed by atoms with Gasteiger partial charge in [0.05, 0.1) is 0 Å². The number of nitriles is 1. The second kappa shape index (κ2) is 6.77. The topological polar surface area (TPSA) is 59.0 Å². The summed E-state index contributed by atoms with van der Waals surface area (Å²) in [7, 11) is 0. The third kappa shape index (κ3) is 4.01. The summed E-state index contributed by atoms with van der Waals surface area (Å²) >= 11 is 3.48. The summed E-state index contributed by atoms with van der Waals surface area (Å²) in [6.07, 6.45) is 1.21. The molecule has 1 rings (SSSR count). The average Bonchev–Trinajstić information content (AvgIpc) is 2.32. The number of halogens is 1. The van der Waals surface area contributed by atoms with E-state index in [1.807, 2.05) is 19.1 Å². The largest absolute Gasteiger partial charge is 0.475 e. The Labute approximate surface area is 117 Å². The van der Waals surface area contributed by atoms with Gasteiger partial charge in [0.1, 0.15) is 11.8 Å². The Balaban J connectivity index is 3.09. The molecule has 1 aromatic carbocycles. The van der Waals surface area contributed by atoms with Crippen LogP contribution in [0, 0.1) is 18.3 Å². The smallest absolute Gasteiger partial charge is 0.181 e. The van der Waals surface area contributed by atoms with Crippen molar-refractivity contribution in [1.29, 1.82) is 5.26 Å². The van der Waals surface area contributed by atoms with Gasteiger partial charge in [0.25, 0.3) is 0 Å². The van der Waals surface area contributed by atoms with Crippen LogP contribution >= 0.6 is 15.9 Å². The van der Waals surface area contributed by atoms with Crippen LogP contribution in [-0.2, 0) is 6.42 Å². The molecule has 4 heteroatoms. The average molecular weight is 311 g/mol. The molecule has 0 aromatic heterocycles. The number of rotatable bonds is 5. The zero-order valence-electron chi connectivity index (χ0n) is 11.0. The monoisotopic (exact) mass is 310 g/mol. The molecular weight excluding hydrogens is 292 g/mol. The number of hydrogen-bond acceptors (Lipinski definition) is 3. The zero-order valence-corrected chi connectivity index (χ0v) is 12.6. The molecule has 0 radical (unpaired) electrons. The van der Waals surface area contributed by atoms with Crippen molar-refractivity contribution in [3.8, 4) is 11.8 Å². The summed E-state index contributed by atoms with van der Waals surface area (Å²) in [5.41, 5.74) is 8.07. The van der Waals surface area contributed by atoms with Gasteiger partial charge >= 0.3 is 0 Å². The molecule has 1 aromatic rings. The van der Waals surface area contributed by atoms with Crippen molar-refractivity contribution in [3.05, 3.63) is 27.7 Å². The van der Waals surface area contributed by atoms with E-state index in [1.54, 1.807) is 6.92 Å². The molecule has 0 saturated heterocycles. The van der Waals surface area contributed by atoms with Crippen molar-refractivity contribution in [3.63, 3.8) is 0 Å². The maximum absolute atomic E-state index is 8.85. The molecule has 2 N–H and O–H groups in total. The first-order valence-electron chi connectivity index (χ1n) is 6.08. The molecule has 2 atom stereocenters. The van der Waals surface area contributed by atoms with Crippen molar-refractivity contribution in [2.75, 3.05) is 0 Å². The number of nitrogens with two attached hydrogens (primary N) is 1. The van der Waals surface area contributed by atoms with E-state index >= 15 is 0 Å². The van der Waals surface area contributed by atoms with Crippen LogP contribution in [0.5, 0.6) is 5.75 Å². The summed E-state index contributed by atoms with van der Waals surface area (Å²) in [6.45, 7) is 5.78. The van der Waals surface area contributed by atoms with Gasteiger partial charge in [-0.25, -0.2) is 0 Å². The van der Waals surface area contributed by atoms with Crippen LogP contribution in [0.2, 0.25) is 0 Å². The van der Waals surface area contributed by atoms with Gasteiger partial charge < -0.3 is 10.5 Å². The van der Waals surface area contributed by atoms with Crippen LogP contribution in [0.1, 0.15) is 31.4 Å². The van der Waals surface area contributed by atoms with Gasteiger partial charge in [-0.3, -0.25) is 0 Å². The lowest BCUT2D eigenvalue weighted by molar-refractivity contribution is 0.271. The fraction of sp³-hybridized carbons (Fsp3) is 0.500. The van der Waals surface area contributed by atoms with E-state index in [0.717, 1.165) is 34.2 Å². The van der Waals surface area contributed by atoms with Crippen LogP contribution in [0.3, 0.4) is 0 Å². The Morgan fingerprint density at radius 1 is 1.50 bits per heavy atom. The molecule has 0 amide bonds. The van der Waals surface area contributed by atoms with Crippen molar-refractivity contribution in [2.24, 2.45) is 5.73 Å². The zero-order chi connectivity index (χ0) is 13.7. The van der Waals surface area contributed by atoms with E-state index < -0.39 is 6.10 Å². The van der Waals surface area contributed by atoms with E-state index in [9.17, 15) is 0 Å². The Kier molecular flexibility index (Phi) is 5.64. The number of nitrogens with zero attached hydrogens (tertiary/aromatic N) is 1. The molecule has 98 valence electrons. The summed E-state index contributed by atoms with van der Waals surface area (Å²) in [5.74, 6) is 0.788. The maximum Gasteiger partial charge on any atom is 0.181 e. The molecule has 0 saturated carbocycles. The minimum absolute atomic E-state index is 0.110. The van der Waals surface area contributed by atoms with Crippen molar-refractivity contribution in [2.45, 2.75) is 45.8 Å². The normalized spacial score (nSPS) is 13.8. The lowest BCUT2D eigenvalue weighted by Gasteiger charge is -2.18. The highest BCUT2D eigenvalue weighted by atomic mass is 79.9. The SMILES string of the molecule is CCC(N)Cc1cc(Br)cc(C)c1OC(C)C#N. The minimum Gasteiger partial charge on any atom is -0.475 e. The van der Waals surface area contributed by atoms with Gasteiger partial charge in [-0.2, -0.15) is 5.26 Å². The second-order valence-electron chi connectivity index (χ2n) is 4.47. The van der Waals surface area contributed by atoms with Crippen LogP contribution in [0.25, 0.3) is 0 Å². The van der Waals surface area contributed by atoms with Gasteiger partial charge in [0.2, 0.25) is 0 Å². The summed E-state index contributed by atoms with van der Waals surface area (Å²) in [5, 5.41) is 8.85. The molecule has 0 aliphatic rings. The summed E-state index contributed by atoms with van der Waals surface area (Å²) in [4.78, 5) is 0. The lowest BCUT2D eigenvalue weighted by Crippen LogP contribution is -2.22. The summed E-state index contributed by atoms with van der Waals surface area (Å²) < 4.78 is 6.70. The highest BCUT2D eigenvalue weighted by molar-refractivity contribution is 9.10. The molecule has 0 fully saturated rings. The Morgan fingerprint density at radius 2 is 2.17 bits per heavy atom. The predicted octanol–water partition coefficient (Wildman–Crippen LogP) is 3.33. The van der Waals surface area contributed by atoms with Gasteiger partial charge in [-0.15, -0.1) is 0 Å². The third-order valence-corrected chi connectivity index (χ3v) is 3.26. The number of hydrogen-bond donors (Lipinski definition) is 1. The van der Waals surface area contributed by atoms with E-state index in [-0.39, 0.29) is 6.04 Å². The van der Waals surface area contributed by atoms with Gasteiger partial charge in [-0.05, 0) is 49.9 Å². The van der Waals surface area contributed by atoms with E-state index in [1.165, 1.54) is 0 Å². The van der Waals surface area contributed by atoms with E-state index in [2.05, 4.69) is 28.9 Å². The molecule has 0 bridgehead atoms. The molecular formula is C14H19BrN2O. The number of aryl methyl sites for hydroxylation is 1. The second-order valence-corrected chi connectivity index (χ2v) is 5.39. The molecule has 18 heavy (non-hydrogen) atoms. The van der Waals surface area contributed by atoms with Gasteiger partial charge in [0, 0.05) is 10.5 Å². The summed E-state index contributed by atoms with van der Waals surface area (Å²) in [6, 6.07) is 6.20. The van der Waals surface area contributed by atoms with Crippen LogP contribution in [0.4, 0.5) is 0 Å². The van der Waals surface area contributed by atoms with Crippen molar-refractivity contribution < 1.29 is 4.74 Å². The van der Waals surface area contributed by atoms with E-state index in [0.29, 0.717) is 0 Å². The fourth-order valence-corrected chi connectivity index (χ4v) is 2.37. The van der Waals surface area contributed by atoms with Crippen LogP contribution < -0.4 is 10.5 Å². The first-order valence-corrected chi connectivity index (χ1v) is 6.88. The highest BCUT2D eigenvalue weighted by Gasteiger charge is 2.14. The number of ether oxygens (including phenoxy) is 1. The molecule has 0 heterocycles. The molecule has 0 aliphatic carbocycles. The van der Waals surface area contributed by atoms with Crippen molar-refractivity contribution in [1.82, 2.24) is 0 Å². The van der Waals surface area contributed by atoms with Crippen molar-refractivity contribution >= 4 is 15.9 Å². The molecule has 2 unspecified atom stereocenters. The van der Waals surface area contributed by atoms with Gasteiger partial charge in [0.15, 0.2) is 6.10 Å². The number of benzene rings is 1.